The second kappa shape index (κ2) is 5.09. The van der Waals surface area contributed by atoms with Crippen molar-refractivity contribution in [1.82, 2.24) is 4.90 Å². The van der Waals surface area contributed by atoms with Gasteiger partial charge in [0, 0.05) is 17.8 Å². The maximum Gasteiger partial charge on any atom is 0.323 e. The number of aliphatic carboxylic acids is 1. The molecule has 0 aromatic heterocycles. The molecule has 0 saturated carbocycles. The fourth-order valence-corrected chi connectivity index (χ4v) is 2.02. The first kappa shape index (κ1) is 13.1. The van der Waals surface area contributed by atoms with Crippen LogP contribution in [0.5, 0.6) is 0 Å². The van der Waals surface area contributed by atoms with Gasteiger partial charge in [0.2, 0.25) is 5.91 Å². The van der Waals surface area contributed by atoms with Gasteiger partial charge in [-0.1, -0.05) is 6.07 Å². The second-order valence-corrected chi connectivity index (χ2v) is 4.31. The van der Waals surface area contributed by atoms with E-state index in [1.165, 1.54) is 4.90 Å². The number of carboxylic acid groups (broad SMARTS) is 1. The van der Waals surface area contributed by atoms with Gasteiger partial charge in [0.1, 0.15) is 6.54 Å². The number of rotatable bonds is 4. The Morgan fingerprint density at radius 1 is 1.42 bits per heavy atom. The molecular weight excluding hydrogens is 248 g/mol. The highest BCUT2D eigenvalue weighted by Gasteiger charge is 2.21. The van der Waals surface area contributed by atoms with Crippen molar-refractivity contribution in [2.75, 3.05) is 18.4 Å². The van der Waals surface area contributed by atoms with Crippen LogP contribution in [-0.2, 0) is 16.0 Å². The van der Waals surface area contributed by atoms with E-state index in [1.54, 1.807) is 25.1 Å². The Bertz CT molecular complexity index is 554. The van der Waals surface area contributed by atoms with Crippen molar-refractivity contribution in [2.24, 2.45) is 0 Å². The van der Waals surface area contributed by atoms with Crippen molar-refractivity contribution >= 4 is 23.5 Å². The van der Waals surface area contributed by atoms with E-state index in [0.29, 0.717) is 24.2 Å². The van der Waals surface area contributed by atoms with Crippen molar-refractivity contribution in [1.29, 1.82) is 0 Å². The zero-order valence-electron chi connectivity index (χ0n) is 10.5. The number of likely N-dealkylation sites (N-methyl/N-ethyl adjacent to an activating group) is 1. The van der Waals surface area contributed by atoms with Gasteiger partial charge >= 0.3 is 5.97 Å². The number of carbonyl (C=O) groups excluding carboxylic acids is 2. The molecule has 2 amide bonds. The molecule has 0 bridgehead atoms. The van der Waals surface area contributed by atoms with Crippen LogP contribution in [0, 0.1) is 0 Å². The largest absolute Gasteiger partial charge is 0.480 e. The third-order valence-electron chi connectivity index (χ3n) is 2.98. The van der Waals surface area contributed by atoms with Crippen LogP contribution in [0.4, 0.5) is 5.69 Å². The molecule has 0 radical (unpaired) electrons. The summed E-state index contributed by atoms with van der Waals surface area (Å²) in [6.07, 6.45) is 0.316. The molecular formula is C13H14N2O4. The van der Waals surface area contributed by atoms with E-state index in [1.807, 2.05) is 0 Å². The number of hydrogen-bond donors (Lipinski definition) is 2. The Balaban J connectivity index is 2.22. The van der Waals surface area contributed by atoms with Gasteiger partial charge in [0.15, 0.2) is 0 Å². The Morgan fingerprint density at radius 3 is 2.79 bits per heavy atom. The molecule has 2 N–H and O–H groups in total. The van der Waals surface area contributed by atoms with Crippen molar-refractivity contribution in [3.05, 3.63) is 29.3 Å². The Labute approximate surface area is 110 Å². The molecule has 1 aliphatic heterocycles. The maximum absolute atomic E-state index is 12.1. The van der Waals surface area contributed by atoms with Crippen LogP contribution in [0.15, 0.2) is 18.2 Å². The topological polar surface area (TPSA) is 86.7 Å². The predicted octanol–water partition coefficient (Wildman–Crippen LogP) is 0.728. The van der Waals surface area contributed by atoms with E-state index in [9.17, 15) is 14.4 Å². The lowest BCUT2D eigenvalue weighted by molar-refractivity contribution is -0.137. The van der Waals surface area contributed by atoms with Gasteiger partial charge in [-0.05, 0) is 24.6 Å². The lowest BCUT2D eigenvalue weighted by Gasteiger charge is -2.18. The van der Waals surface area contributed by atoms with Crippen LogP contribution in [0.25, 0.3) is 0 Å². The molecule has 1 aromatic rings. The number of hydrogen-bond acceptors (Lipinski definition) is 3. The number of carbonyl (C=O) groups is 3. The molecule has 2 rings (SSSR count). The summed E-state index contributed by atoms with van der Waals surface area (Å²) in [6, 6.07) is 4.92. The molecule has 6 nitrogen and oxygen atoms in total. The summed E-state index contributed by atoms with van der Waals surface area (Å²) in [7, 11) is 0. The zero-order chi connectivity index (χ0) is 14.0. The molecule has 1 heterocycles. The third kappa shape index (κ3) is 2.73. The molecule has 0 unspecified atom stereocenters. The Kier molecular flexibility index (Phi) is 3.50. The van der Waals surface area contributed by atoms with Crippen LogP contribution in [-0.4, -0.2) is 40.9 Å². The number of fused-ring (bicyclic) bond motifs is 1. The highest BCUT2D eigenvalue weighted by molar-refractivity contribution is 6.02. The van der Waals surface area contributed by atoms with Crippen LogP contribution < -0.4 is 5.32 Å². The Hall–Kier alpha value is -2.37. The lowest BCUT2D eigenvalue weighted by atomic mass is 10.1. The van der Waals surface area contributed by atoms with Gasteiger partial charge in [-0.15, -0.1) is 0 Å². The molecule has 100 valence electrons. The first-order valence-corrected chi connectivity index (χ1v) is 5.95. The summed E-state index contributed by atoms with van der Waals surface area (Å²) >= 11 is 0. The smallest absolute Gasteiger partial charge is 0.323 e. The summed E-state index contributed by atoms with van der Waals surface area (Å²) < 4.78 is 0. The molecule has 1 aromatic carbocycles. The SMILES string of the molecule is CCN(CC(=O)O)C(=O)c1ccc2c(c1)NC(=O)C2. The van der Waals surface area contributed by atoms with Gasteiger partial charge in [0.25, 0.3) is 5.91 Å². The predicted molar refractivity (Wildman–Crippen MR) is 68.0 cm³/mol. The number of nitrogens with one attached hydrogen (secondary N) is 1. The van der Waals surface area contributed by atoms with Crippen LogP contribution in [0.2, 0.25) is 0 Å². The van der Waals surface area contributed by atoms with Gasteiger partial charge in [-0.3, -0.25) is 14.4 Å². The van der Waals surface area contributed by atoms with E-state index in [-0.39, 0.29) is 18.4 Å². The fraction of sp³-hybridized carbons (Fsp3) is 0.308. The van der Waals surface area contributed by atoms with Gasteiger partial charge < -0.3 is 15.3 Å². The molecule has 19 heavy (non-hydrogen) atoms. The molecule has 0 aliphatic carbocycles. The molecule has 1 aliphatic rings. The number of anilines is 1. The van der Waals surface area contributed by atoms with E-state index in [0.717, 1.165) is 5.56 Å². The quantitative estimate of drug-likeness (QED) is 0.837. The summed E-state index contributed by atoms with van der Waals surface area (Å²) in [6.45, 7) is 1.70. The highest BCUT2D eigenvalue weighted by atomic mass is 16.4. The van der Waals surface area contributed by atoms with Gasteiger partial charge in [0.05, 0.1) is 6.42 Å². The van der Waals surface area contributed by atoms with Gasteiger partial charge in [-0.2, -0.15) is 0 Å². The van der Waals surface area contributed by atoms with E-state index >= 15 is 0 Å². The number of carboxylic acids is 1. The minimum Gasteiger partial charge on any atom is -0.480 e. The summed E-state index contributed by atoms with van der Waals surface area (Å²) in [4.78, 5) is 35.3. The summed E-state index contributed by atoms with van der Waals surface area (Å²) in [5.41, 5.74) is 1.86. The standard InChI is InChI=1S/C13H14N2O4/c1-2-15(7-12(17)18)13(19)9-4-3-8-6-11(16)14-10(8)5-9/h3-5H,2,6-7H2,1H3,(H,14,16)(H,17,18). The zero-order valence-corrected chi connectivity index (χ0v) is 10.5. The van der Waals surface area contributed by atoms with Crippen molar-refractivity contribution < 1.29 is 19.5 Å². The van der Waals surface area contributed by atoms with Crippen LogP contribution >= 0.6 is 0 Å². The van der Waals surface area contributed by atoms with Crippen molar-refractivity contribution in [3.8, 4) is 0 Å². The normalized spacial score (nSPS) is 12.8. The number of nitrogens with zero attached hydrogens (tertiary/aromatic N) is 1. The van der Waals surface area contributed by atoms with Crippen LogP contribution in [0.3, 0.4) is 0 Å². The van der Waals surface area contributed by atoms with Crippen molar-refractivity contribution in [3.63, 3.8) is 0 Å². The molecule has 0 saturated heterocycles. The average Bonchev–Trinajstić information content (AvgIpc) is 2.73. The molecule has 0 fully saturated rings. The van der Waals surface area contributed by atoms with Gasteiger partial charge in [-0.25, -0.2) is 0 Å². The minimum atomic E-state index is -1.05. The first-order valence-electron chi connectivity index (χ1n) is 5.95. The highest BCUT2D eigenvalue weighted by Crippen LogP contribution is 2.24. The summed E-state index contributed by atoms with van der Waals surface area (Å²) in [5, 5.41) is 11.4. The lowest BCUT2D eigenvalue weighted by Crippen LogP contribution is -2.35. The number of benzene rings is 1. The second-order valence-electron chi connectivity index (χ2n) is 4.31. The molecule has 6 heteroatoms. The van der Waals surface area contributed by atoms with E-state index in [2.05, 4.69) is 5.32 Å². The maximum atomic E-state index is 12.1. The monoisotopic (exact) mass is 262 g/mol. The number of amides is 2. The minimum absolute atomic E-state index is 0.0996. The molecule has 0 atom stereocenters. The third-order valence-corrected chi connectivity index (χ3v) is 2.98. The fourth-order valence-electron chi connectivity index (χ4n) is 2.02. The van der Waals surface area contributed by atoms with Crippen LogP contribution in [0.1, 0.15) is 22.8 Å². The summed E-state index contributed by atoms with van der Waals surface area (Å²) in [5.74, 6) is -1.50. The average molecular weight is 262 g/mol. The Morgan fingerprint density at radius 2 is 2.16 bits per heavy atom. The molecule has 0 spiro atoms. The van der Waals surface area contributed by atoms with Crippen molar-refractivity contribution in [2.45, 2.75) is 13.3 Å². The first-order chi connectivity index (χ1) is 9.01. The van der Waals surface area contributed by atoms with E-state index < -0.39 is 5.97 Å². The van der Waals surface area contributed by atoms with E-state index in [4.69, 9.17) is 5.11 Å².